The molecular weight excluding hydrogens is 362 g/mol. The predicted molar refractivity (Wildman–Crippen MR) is 106 cm³/mol. The SMILES string of the molecule is COc1ccc2oc(C(=O)N(Cc3cccs3)CC3CCCO3)c(C)c2c1. The van der Waals surface area contributed by atoms with Crippen LogP contribution in [0.3, 0.4) is 0 Å². The largest absolute Gasteiger partial charge is 0.497 e. The lowest BCUT2D eigenvalue weighted by molar-refractivity contribution is 0.0487. The maximum absolute atomic E-state index is 13.4. The van der Waals surface area contributed by atoms with E-state index >= 15 is 0 Å². The first-order valence-electron chi connectivity index (χ1n) is 9.16. The van der Waals surface area contributed by atoms with Crippen LogP contribution < -0.4 is 4.74 Å². The van der Waals surface area contributed by atoms with Gasteiger partial charge in [0.15, 0.2) is 5.76 Å². The highest BCUT2D eigenvalue weighted by molar-refractivity contribution is 7.09. The third-order valence-corrected chi connectivity index (χ3v) is 5.86. The van der Waals surface area contributed by atoms with E-state index in [-0.39, 0.29) is 12.0 Å². The molecule has 1 saturated heterocycles. The fourth-order valence-corrected chi connectivity index (χ4v) is 4.24. The number of aryl methyl sites for hydroxylation is 1. The standard InChI is InChI=1S/C21H23NO4S/c1-14-18-11-15(24-2)7-8-19(18)26-20(14)21(23)22(12-16-5-3-9-25-16)13-17-6-4-10-27-17/h4,6-8,10-11,16H,3,5,9,12-13H2,1-2H3. The molecule has 3 heterocycles. The number of nitrogens with zero attached hydrogens (tertiary/aromatic N) is 1. The van der Waals surface area contributed by atoms with Gasteiger partial charge in [-0.25, -0.2) is 0 Å². The number of ether oxygens (including phenoxy) is 2. The fourth-order valence-electron chi connectivity index (χ4n) is 3.52. The molecule has 0 aliphatic carbocycles. The Morgan fingerprint density at radius 3 is 2.96 bits per heavy atom. The molecule has 27 heavy (non-hydrogen) atoms. The van der Waals surface area contributed by atoms with E-state index in [9.17, 15) is 4.79 Å². The van der Waals surface area contributed by atoms with Gasteiger partial charge in [-0.3, -0.25) is 4.79 Å². The van der Waals surface area contributed by atoms with Crippen LogP contribution in [0.25, 0.3) is 11.0 Å². The Morgan fingerprint density at radius 2 is 2.26 bits per heavy atom. The van der Waals surface area contributed by atoms with Crippen molar-refractivity contribution in [2.45, 2.75) is 32.4 Å². The van der Waals surface area contributed by atoms with E-state index in [1.807, 2.05) is 41.5 Å². The Labute approximate surface area is 162 Å². The molecule has 1 atom stereocenters. The third kappa shape index (κ3) is 3.73. The van der Waals surface area contributed by atoms with Crippen molar-refractivity contribution in [2.75, 3.05) is 20.3 Å². The highest BCUT2D eigenvalue weighted by atomic mass is 32.1. The molecule has 1 unspecified atom stereocenters. The van der Waals surface area contributed by atoms with Crippen molar-refractivity contribution in [3.8, 4) is 5.75 Å². The van der Waals surface area contributed by atoms with Gasteiger partial charge in [0.05, 0.1) is 19.8 Å². The van der Waals surface area contributed by atoms with Gasteiger partial charge in [-0.2, -0.15) is 0 Å². The van der Waals surface area contributed by atoms with Gasteiger partial charge in [-0.1, -0.05) is 6.07 Å². The maximum Gasteiger partial charge on any atom is 0.290 e. The van der Waals surface area contributed by atoms with E-state index in [0.29, 0.717) is 24.4 Å². The van der Waals surface area contributed by atoms with Gasteiger partial charge in [-0.05, 0) is 49.4 Å². The van der Waals surface area contributed by atoms with Gasteiger partial charge in [0.25, 0.3) is 5.91 Å². The molecule has 1 fully saturated rings. The van der Waals surface area contributed by atoms with Crippen LogP contribution in [0.15, 0.2) is 40.1 Å². The maximum atomic E-state index is 13.4. The summed E-state index contributed by atoms with van der Waals surface area (Å²) >= 11 is 1.65. The molecule has 0 radical (unpaired) electrons. The number of furan rings is 1. The minimum Gasteiger partial charge on any atom is -0.497 e. The van der Waals surface area contributed by atoms with E-state index in [4.69, 9.17) is 13.9 Å². The van der Waals surface area contributed by atoms with Crippen LogP contribution in [-0.2, 0) is 11.3 Å². The second kappa shape index (κ2) is 7.74. The fraction of sp³-hybridized carbons (Fsp3) is 0.381. The highest BCUT2D eigenvalue weighted by Gasteiger charge is 2.27. The van der Waals surface area contributed by atoms with Crippen molar-refractivity contribution < 1.29 is 18.7 Å². The quantitative estimate of drug-likeness (QED) is 0.621. The zero-order valence-corrected chi connectivity index (χ0v) is 16.4. The molecule has 1 amide bonds. The van der Waals surface area contributed by atoms with Gasteiger partial charge < -0.3 is 18.8 Å². The molecular formula is C21H23NO4S. The molecule has 1 aliphatic heterocycles. The molecule has 6 heteroatoms. The summed E-state index contributed by atoms with van der Waals surface area (Å²) in [5.74, 6) is 1.06. The summed E-state index contributed by atoms with van der Waals surface area (Å²) in [6.07, 6.45) is 2.14. The Balaban J connectivity index is 1.65. The molecule has 142 valence electrons. The van der Waals surface area contributed by atoms with Crippen molar-refractivity contribution in [2.24, 2.45) is 0 Å². The minimum atomic E-state index is -0.0911. The molecule has 1 aliphatic rings. The predicted octanol–water partition coefficient (Wildman–Crippen LogP) is 4.63. The zero-order valence-electron chi connectivity index (χ0n) is 15.6. The summed E-state index contributed by atoms with van der Waals surface area (Å²) < 4.78 is 17.0. The Bertz CT molecular complexity index is 925. The summed E-state index contributed by atoms with van der Waals surface area (Å²) in [6, 6.07) is 9.66. The number of fused-ring (bicyclic) bond motifs is 1. The smallest absolute Gasteiger partial charge is 0.290 e. The Hall–Kier alpha value is -2.31. The number of hydrogen-bond acceptors (Lipinski definition) is 5. The first-order chi connectivity index (χ1) is 13.2. The zero-order chi connectivity index (χ0) is 18.8. The van der Waals surface area contributed by atoms with Gasteiger partial charge in [-0.15, -0.1) is 11.3 Å². The molecule has 3 aromatic rings. The molecule has 0 saturated carbocycles. The van der Waals surface area contributed by atoms with Crippen LogP contribution in [0, 0.1) is 6.92 Å². The summed E-state index contributed by atoms with van der Waals surface area (Å²) in [5.41, 5.74) is 1.54. The Morgan fingerprint density at radius 1 is 1.37 bits per heavy atom. The minimum absolute atomic E-state index is 0.0911. The van der Waals surface area contributed by atoms with Gasteiger partial charge in [0.2, 0.25) is 0 Å². The second-order valence-corrected chi connectivity index (χ2v) is 7.85. The van der Waals surface area contributed by atoms with Gasteiger partial charge in [0.1, 0.15) is 11.3 Å². The Kier molecular flexibility index (Phi) is 5.18. The molecule has 2 aromatic heterocycles. The van der Waals surface area contributed by atoms with Gasteiger partial charge >= 0.3 is 0 Å². The summed E-state index contributed by atoms with van der Waals surface area (Å²) in [7, 11) is 1.63. The average Bonchev–Trinajstić information content (AvgIpc) is 3.43. The second-order valence-electron chi connectivity index (χ2n) is 6.82. The lowest BCUT2D eigenvalue weighted by atomic mass is 10.1. The van der Waals surface area contributed by atoms with Crippen LogP contribution in [0.1, 0.15) is 33.8 Å². The highest BCUT2D eigenvalue weighted by Crippen LogP contribution is 2.30. The van der Waals surface area contributed by atoms with E-state index < -0.39 is 0 Å². The van der Waals surface area contributed by atoms with Crippen LogP contribution in [0.2, 0.25) is 0 Å². The molecule has 5 nitrogen and oxygen atoms in total. The normalized spacial score (nSPS) is 16.7. The molecule has 4 rings (SSSR count). The number of carbonyl (C=O) groups excluding carboxylic acids is 1. The number of benzene rings is 1. The first kappa shape index (κ1) is 18.1. The number of carbonyl (C=O) groups is 1. The van der Waals surface area contributed by atoms with E-state index in [0.717, 1.165) is 41.0 Å². The van der Waals surface area contributed by atoms with Crippen molar-refractivity contribution in [1.82, 2.24) is 4.90 Å². The van der Waals surface area contributed by atoms with Crippen LogP contribution in [-0.4, -0.2) is 37.2 Å². The van der Waals surface area contributed by atoms with Crippen molar-refractivity contribution in [1.29, 1.82) is 0 Å². The van der Waals surface area contributed by atoms with E-state index in [1.165, 1.54) is 0 Å². The lowest BCUT2D eigenvalue weighted by Crippen LogP contribution is -2.36. The van der Waals surface area contributed by atoms with E-state index in [2.05, 4.69) is 6.07 Å². The van der Waals surface area contributed by atoms with Crippen molar-refractivity contribution in [3.63, 3.8) is 0 Å². The average molecular weight is 385 g/mol. The number of thiophene rings is 1. The summed E-state index contributed by atoms with van der Waals surface area (Å²) in [4.78, 5) is 16.4. The topological polar surface area (TPSA) is 51.9 Å². The van der Waals surface area contributed by atoms with Crippen LogP contribution >= 0.6 is 11.3 Å². The molecule has 0 spiro atoms. The lowest BCUT2D eigenvalue weighted by Gasteiger charge is -2.24. The molecule has 0 bridgehead atoms. The molecule has 1 aromatic carbocycles. The number of methoxy groups -OCH3 is 1. The van der Waals surface area contributed by atoms with Gasteiger partial charge in [0, 0.05) is 29.0 Å². The molecule has 0 N–H and O–H groups in total. The van der Waals surface area contributed by atoms with Crippen molar-refractivity contribution >= 4 is 28.2 Å². The third-order valence-electron chi connectivity index (χ3n) is 5.00. The number of hydrogen-bond donors (Lipinski definition) is 0. The summed E-state index contributed by atoms with van der Waals surface area (Å²) in [5, 5.41) is 2.94. The van der Waals surface area contributed by atoms with Crippen LogP contribution in [0.5, 0.6) is 5.75 Å². The number of rotatable bonds is 6. The van der Waals surface area contributed by atoms with Crippen LogP contribution in [0.4, 0.5) is 0 Å². The summed E-state index contributed by atoms with van der Waals surface area (Å²) in [6.45, 7) is 3.84. The first-order valence-corrected chi connectivity index (χ1v) is 10.0. The van der Waals surface area contributed by atoms with E-state index in [1.54, 1.807) is 18.4 Å². The monoisotopic (exact) mass is 385 g/mol. The number of amides is 1. The van der Waals surface area contributed by atoms with Crippen molar-refractivity contribution in [3.05, 3.63) is 51.9 Å².